The Morgan fingerprint density at radius 3 is 2.07 bits per heavy atom. The number of piperazine rings is 1. The van der Waals surface area contributed by atoms with Gasteiger partial charge in [-0.3, -0.25) is 29.2 Å². The molecule has 2 amide bonds. The van der Waals surface area contributed by atoms with E-state index < -0.39 is 30.7 Å². The number of nitrogens with one attached hydrogen (secondary N) is 1. The predicted octanol–water partition coefficient (Wildman–Crippen LogP) is 8.63. The molecule has 322 valence electrons. The number of unbranched alkanes of at least 4 members (excludes halogenated alkanes) is 1. The number of furan rings is 1. The van der Waals surface area contributed by atoms with Crippen LogP contribution in [0.2, 0.25) is 0 Å². The van der Waals surface area contributed by atoms with E-state index in [2.05, 4.69) is 21.2 Å². The van der Waals surface area contributed by atoms with Gasteiger partial charge in [0.15, 0.2) is 5.76 Å². The molecule has 2 unspecified atom stereocenters. The van der Waals surface area contributed by atoms with Crippen LogP contribution in [0, 0.1) is 18.8 Å². The molecular formula is C46H58N4O10. The van der Waals surface area contributed by atoms with Gasteiger partial charge >= 0.3 is 24.1 Å². The van der Waals surface area contributed by atoms with Crippen LogP contribution in [0.1, 0.15) is 113 Å². The van der Waals surface area contributed by atoms with Crippen molar-refractivity contribution in [2.45, 2.75) is 117 Å². The topological polar surface area (TPSA) is 159 Å². The minimum atomic E-state index is -1.13. The average Bonchev–Trinajstić information content (AvgIpc) is 3.84. The molecule has 2 aromatic carbocycles. The lowest BCUT2D eigenvalue weighted by Crippen LogP contribution is -2.46. The van der Waals surface area contributed by atoms with E-state index in [1.807, 2.05) is 43.5 Å². The number of rotatable bonds is 13. The highest BCUT2D eigenvalue weighted by Crippen LogP contribution is 2.29. The number of hydrogen-bond acceptors (Lipinski definition) is 12. The molecule has 0 spiro atoms. The number of nitrogens with zero attached hydrogens (tertiary/aromatic N) is 3. The number of esters is 2. The summed E-state index contributed by atoms with van der Waals surface area (Å²) < 4.78 is 28.8. The summed E-state index contributed by atoms with van der Waals surface area (Å²) in [6.07, 6.45) is 10.4. The van der Waals surface area contributed by atoms with Crippen molar-refractivity contribution in [1.29, 1.82) is 0 Å². The van der Waals surface area contributed by atoms with Gasteiger partial charge in [-0.25, -0.2) is 9.59 Å². The second-order valence-corrected chi connectivity index (χ2v) is 16.6. The Kier molecular flexibility index (Phi) is 14.1. The highest BCUT2D eigenvalue weighted by Gasteiger charge is 2.28. The maximum absolute atomic E-state index is 13.3. The second-order valence-electron chi connectivity index (χ2n) is 16.6. The molecule has 1 saturated heterocycles. The monoisotopic (exact) mass is 826 g/mol. The first kappa shape index (κ1) is 42.7. The first-order valence-corrected chi connectivity index (χ1v) is 21.8. The largest absolute Gasteiger partial charge is 0.451 e. The van der Waals surface area contributed by atoms with Crippen molar-refractivity contribution in [3.8, 4) is 0 Å². The van der Waals surface area contributed by atoms with Crippen LogP contribution in [0.25, 0.3) is 21.9 Å². The smallest absolute Gasteiger partial charge is 0.421 e. The summed E-state index contributed by atoms with van der Waals surface area (Å²) in [5.41, 5.74) is 4.50. The zero-order chi connectivity index (χ0) is 42.2. The fourth-order valence-corrected chi connectivity index (χ4v) is 8.76. The summed E-state index contributed by atoms with van der Waals surface area (Å²) in [7, 11) is 0. The Labute approximate surface area is 350 Å². The van der Waals surface area contributed by atoms with E-state index in [1.54, 1.807) is 13.0 Å². The Bertz CT molecular complexity index is 2160. The molecule has 14 nitrogen and oxygen atoms in total. The zero-order valence-corrected chi connectivity index (χ0v) is 35.1. The number of fused-ring (bicyclic) bond motifs is 2. The number of anilines is 1. The maximum atomic E-state index is 13.3. The molecule has 7 rings (SSSR count). The second kappa shape index (κ2) is 19.8. The third kappa shape index (κ3) is 10.9. The zero-order valence-electron chi connectivity index (χ0n) is 35.1. The van der Waals surface area contributed by atoms with Crippen LogP contribution in [0.4, 0.5) is 15.3 Å². The number of aromatic nitrogens is 1. The number of hydrogen-bond donors (Lipinski definition) is 1. The van der Waals surface area contributed by atoms with Crippen molar-refractivity contribution in [3.63, 3.8) is 0 Å². The average molecular weight is 827 g/mol. The first-order valence-electron chi connectivity index (χ1n) is 21.8. The normalized spacial score (nSPS) is 17.9. The fraction of sp³-hybridized carbons (Fsp3) is 0.543. The minimum Gasteiger partial charge on any atom is -0.451 e. The van der Waals surface area contributed by atoms with Gasteiger partial charge in [-0.05, 0) is 100 Å². The summed E-state index contributed by atoms with van der Waals surface area (Å²) in [5.74, 6) is -1.76. The van der Waals surface area contributed by atoms with Crippen LogP contribution in [-0.4, -0.2) is 84.8 Å². The Hall–Kier alpha value is -5.37. The number of carbonyl (C=O) groups is 5. The summed E-state index contributed by atoms with van der Waals surface area (Å²) in [6.45, 7) is 9.53. The van der Waals surface area contributed by atoms with Crippen LogP contribution in [0.3, 0.4) is 0 Å². The molecule has 1 N–H and O–H groups in total. The van der Waals surface area contributed by atoms with Crippen molar-refractivity contribution in [2.75, 3.05) is 37.6 Å². The number of aryl methyl sites for hydroxylation is 2. The van der Waals surface area contributed by atoms with Gasteiger partial charge in [0.2, 0.25) is 12.6 Å². The van der Waals surface area contributed by atoms with Gasteiger partial charge in [-0.1, -0.05) is 50.2 Å². The van der Waals surface area contributed by atoms with Crippen LogP contribution in [0.5, 0.6) is 0 Å². The molecule has 2 aliphatic carbocycles. The van der Waals surface area contributed by atoms with Gasteiger partial charge in [0.05, 0.1) is 17.4 Å². The molecular weight excluding hydrogens is 769 g/mol. The quantitative estimate of drug-likeness (QED) is 0.0778. The fourth-order valence-electron chi connectivity index (χ4n) is 8.76. The van der Waals surface area contributed by atoms with Crippen molar-refractivity contribution < 1.29 is 47.3 Å². The van der Waals surface area contributed by atoms with E-state index in [0.29, 0.717) is 5.58 Å². The summed E-state index contributed by atoms with van der Waals surface area (Å²) in [6, 6.07) is 13.4. The molecule has 2 saturated carbocycles. The van der Waals surface area contributed by atoms with Crippen molar-refractivity contribution in [2.24, 2.45) is 11.8 Å². The maximum Gasteiger partial charge on any atom is 0.421 e. The molecule has 3 aliphatic rings. The number of imide groups is 1. The molecule has 3 heterocycles. The van der Waals surface area contributed by atoms with Crippen molar-refractivity contribution in [3.05, 3.63) is 65.5 Å². The molecule has 2 aromatic heterocycles. The lowest BCUT2D eigenvalue weighted by molar-refractivity contribution is -0.172. The third-order valence-electron chi connectivity index (χ3n) is 12.1. The number of benzene rings is 2. The summed E-state index contributed by atoms with van der Waals surface area (Å²) >= 11 is 0. The molecule has 4 aromatic rings. The highest BCUT2D eigenvalue weighted by molar-refractivity contribution is 6.03. The van der Waals surface area contributed by atoms with Gasteiger partial charge in [-0.15, -0.1) is 0 Å². The van der Waals surface area contributed by atoms with Gasteiger partial charge in [0.1, 0.15) is 5.58 Å². The Morgan fingerprint density at radius 2 is 1.40 bits per heavy atom. The Morgan fingerprint density at radius 1 is 0.750 bits per heavy atom. The van der Waals surface area contributed by atoms with Gasteiger partial charge in [-0.2, -0.15) is 0 Å². The predicted molar refractivity (Wildman–Crippen MR) is 225 cm³/mol. The molecule has 14 heteroatoms. The van der Waals surface area contributed by atoms with Gasteiger partial charge < -0.3 is 28.3 Å². The number of alkyl carbamates (subject to hydrolysis) is 1. The van der Waals surface area contributed by atoms with Gasteiger partial charge in [0, 0.05) is 62.7 Å². The van der Waals surface area contributed by atoms with E-state index in [1.165, 1.54) is 11.5 Å². The summed E-state index contributed by atoms with van der Waals surface area (Å²) in [4.78, 5) is 68.3. The number of amides is 2. The van der Waals surface area contributed by atoms with Crippen molar-refractivity contribution >= 4 is 57.6 Å². The van der Waals surface area contributed by atoms with Crippen LogP contribution in [0.15, 0.2) is 53.1 Å². The van der Waals surface area contributed by atoms with Crippen molar-refractivity contribution in [1.82, 2.24) is 14.8 Å². The minimum absolute atomic E-state index is 0.0302. The SMILES string of the molecule is Cc1ccc2c(c1)c(CCCCN1CCN(c3ccc4oc(C(=O)NC(=O)OC(C)OC(=O)C5CCCCC5)cc4c3)CC1)cn2C(=O)OC(C)OC(=O)C1CCCCC1. The molecule has 60 heavy (non-hydrogen) atoms. The number of ether oxygens (including phenoxy) is 4. The lowest BCUT2D eigenvalue weighted by Gasteiger charge is -2.36. The lowest BCUT2D eigenvalue weighted by atomic mass is 9.89. The third-order valence-corrected chi connectivity index (χ3v) is 12.1. The van der Waals surface area contributed by atoms with Crippen LogP contribution in [-0.2, 0) is 35.0 Å². The van der Waals surface area contributed by atoms with E-state index in [9.17, 15) is 24.0 Å². The van der Waals surface area contributed by atoms with Crippen LogP contribution >= 0.6 is 0 Å². The van der Waals surface area contributed by atoms with Crippen LogP contribution < -0.4 is 10.2 Å². The molecule has 0 bridgehead atoms. The molecule has 1 aliphatic heterocycles. The van der Waals surface area contributed by atoms with E-state index >= 15 is 0 Å². The highest BCUT2D eigenvalue weighted by atomic mass is 16.7. The summed E-state index contributed by atoms with van der Waals surface area (Å²) in [5, 5.41) is 3.92. The van der Waals surface area contributed by atoms with E-state index in [4.69, 9.17) is 23.4 Å². The van der Waals surface area contributed by atoms with E-state index in [-0.39, 0.29) is 29.5 Å². The Balaban J connectivity index is 0.849. The number of carbonyl (C=O) groups excluding carboxylic acids is 5. The van der Waals surface area contributed by atoms with E-state index in [0.717, 1.165) is 149 Å². The standard InChI is InChI=1S/C46H58N4O10/c1-30-17-19-39-38(26-30)35(29-50(39)46(55)59-32(3)57-44(53)34-14-8-5-9-15-34)16-10-11-21-48-22-24-49(25-23-48)37-18-20-40-36(27-37)28-41(60-40)42(51)47-45(54)58-31(2)56-43(52)33-12-6-4-7-13-33/h17-20,26-29,31-34H,4-16,21-25H2,1-3H3,(H,47,51,54). The van der Waals surface area contributed by atoms with Gasteiger partial charge in [0.25, 0.3) is 5.91 Å². The molecule has 0 radical (unpaired) electrons. The molecule has 2 atom stereocenters. The first-order chi connectivity index (χ1) is 29.0. The molecule has 3 fully saturated rings.